The Morgan fingerprint density at radius 3 is 2.71 bits per heavy atom. The van der Waals surface area contributed by atoms with Gasteiger partial charge in [-0.25, -0.2) is 9.18 Å². The number of benzene rings is 1. The number of halogens is 1. The topological polar surface area (TPSA) is 99.1 Å². The number of nitrogens with one attached hydrogen (secondary N) is 1. The van der Waals surface area contributed by atoms with Gasteiger partial charge in [-0.1, -0.05) is 0 Å². The highest BCUT2D eigenvalue weighted by Crippen LogP contribution is 2.18. The van der Waals surface area contributed by atoms with Crippen LogP contribution in [0.5, 0.6) is 0 Å². The monoisotopic (exact) mass is 292 g/mol. The molecule has 0 saturated heterocycles. The maximum absolute atomic E-state index is 12.9. The molecular formula is C13H13FN4O3. The van der Waals surface area contributed by atoms with Gasteiger partial charge >= 0.3 is 5.69 Å². The van der Waals surface area contributed by atoms with Crippen molar-refractivity contribution in [1.82, 2.24) is 9.13 Å². The lowest BCUT2D eigenvalue weighted by Crippen LogP contribution is -2.40. The molecule has 2 aromatic rings. The lowest BCUT2D eigenvalue weighted by atomic mass is 10.2. The zero-order chi connectivity index (χ0) is 15.6. The Morgan fingerprint density at radius 1 is 1.33 bits per heavy atom. The average molecular weight is 292 g/mol. The number of anilines is 2. The molecule has 21 heavy (non-hydrogen) atoms. The molecule has 0 bridgehead atoms. The minimum absolute atomic E-state index is 0.0525. The third kappa shape index (κ3) is 3.16. The maximum Gasteiger partial charge on any atom is 0.331 e. The second-order valence-electron chi connectivity index (χ2n) is 4.41. The largest absolute Gasteiger partial charge is 0.397 e. The van der Waals surface area contributed by atoms with Crippen molar-refractivity contribution in [1.29, 1.82) is 0 Å². The number of aromatic nitrogens is 2. The van der Waals surface area contributed by atoms with Crippen molar-refractivity contribution >= 4 is 17.3 Å². The van der Waals surface area contributed by atoms with E-state index in [4.69, 9.17) is 5.73 Å². The van der Waals surface area contributed by atoms with Gasteiger partial charge in [0.1, 0.15) is 12.4 Å². The molecule has 7 nitrogen and oxygen atoms in total. The molecule has 0 spiro atoms. The van der Waals surface area contributed by atoms with Crippen LogP contribution >= 0.6 is 0 Å². The van der Waals surface area contributed by atoms with E-state index in [1.807, 2.05) is 0 Å². The number of nitrogens with zero attached hydrogens (tertiary/aromatic N) is 2. The summed E-state index contributed by atoms with van der Waals surface area (Å²) in [6.07, 6.45) is 1.32. The Balaban J connectivity index is 2.22. The normalized spacial score (nSPS) is 10.4. The van der Waals surface area contributed by atoms with Crippen molar-refractivity contribution in [2.45, 2.75) is 6.54 Å². The maximum atomic E-state index is 12.9. The number of hydrogen-bond acceptors (Lipinski definition) is 4. The predicted molar refractivity (Wildman–Crippen MR) is 75.4 cm³/mol. The first-order valence-corrected chi connectivity index (χ1v) is 6.00. The van der Waals surface area contributed by atoms with Crippen LogP contribution in [0.2, 0.25) is 0 Å². The van der Waals surface area contributed by atoms with Crippen LogP contribution in [0, 0.1) is 5.82 Å². The Labute approximate surface area is 118 Å². The van der Waals surface area contributed by atoms with Gasteiger partial charge in [0.25, 0.3) is 5.56 Å². The molecule has 2 rings (SSSR count). The van der Waals surface area contributed by atoms with E-state index in [1.54, 1.807) is 0 Å². The summed E-state index contributed by atoms with van der Waals surface area (Å²) in [5.74, 6) is -1.14. The molecule has 110 valence electrons. The van der Waals surface area contributed by atoms with Crippen LogP contribution in [0.4, 0.5) is 15.8 Å². The van der Waals surface area contributed by atoms with Crippen LogP contribution in [0.15, 0.2) is 40.1 Å². The van der Waals surface area contributed by atoms with E-state index in [-0.39, 0.29) is 11.4 Å². The summed E-state index contributed by atoms with van der Waals surface area (Å²) in [5.41, 5.74) is 4.63. The third-order valence-electron chi connectivity index (χ3n) is 2.83. The number of carbonyl (C=O) groups excluding carboxylic acids is 1. The van der Waals surface area contributed by atoms with Crippen molar-refractivity contribution in [3.63, 3.8) is 0 Å². The molecule has 0 atom stereocenters. The minimum Gasteiger partial charge on any atom is -0.397 e. The van der Waals surface area contributed by atoms with Crippen molar-refractivity contribution in [3.05, 3.63) is 57.1 Å². The SMILES string of the molecule is Cn1ccc(=O)n(CC(=O)Nc2ccc(F)cc2N)c1=O. The number of nitrogens with two attached hydrogens (primary N) is 1. The molecule has 1 heterocycles. The van der Waals surface area contributed by atoms with E-state index in [9.17, 15) is 18.8 Å². The molecule has 0 saturated carbocycles. The molecule has 3 N–H and O–H groups in total. The van der Waals surface area contributed by atoms with Crippen LogP contribution in [-0.4, -0.2) is 15.0 Å². The lowest BCUT2D eigenvalue weighted by molar-refractivity contribution is -0.116. The second kappa shape index (κ2) is 5.61. The van der Waals surface area contributed by atoms with Gasteiger partial charge < -0.3 is 15.6 Å². The van der Waals surface area contributed by atoms with Gasteiger partial charge in [-0.2, -0.15) is 0 Å². The van der Waals surface area contributed by atoms with Gasteiger partial charge in [0.15, 0.2) is 0 Å². The summed E-state index contributed by atoms with van der Waals surface area (Å²) < 4.78 is 14.9. The van der Waals surface area contributed by atoms with Crippen LogP contribution in [0.25, 0.3) is 0 Å². The lowest BCUT2D eigenvalue weighted by Gasteiger charge is -2.09. The van der Waals surface area contributed by atoms with E-state index < -0.39 is 29.5 Å². The second-order valence-corrected chi connectivity index (χ2v) is 4.41. The van der Waals surface area contributed by atoms with Crippen molar-refractivity contribution < 1.29 is 9.18 Å². The molecule has 8 heteroatoms. The molecule has 1 amide bonds. The smallest absolute Gasteiger partial charge is 0.331 e. The van der Waals surface area contributed by atoms with E-state index in [0.717, 1.165) is 16.7 Å². The molecule has 0 aliphatic rings. The fourth-order valence-electron chi connectivity index (χ4n) is 1.74. The van der Waals surface area contributed by atoms with E-state index >= 15 is 0 Å². The van der Waals surface area contributed by atoms with Crippen LogP contribution in [-0.2, 0) is 18.4 Å². The fraction of sp³-hybridized carbons (Fsp3) is 0.154. The molecule has 0 unspecified atom stereocenters. The highest BCUT2D eigenvalue weighted by Gasteiger charge is 2.10. The quantitative estimate of drug-likeness (QED) is 0.772. The minimum atomic E-state index is -0.612. The van der Waals surface area contributed by atoms with Crippen molar-refractivity contribution in [2.75, 3.05) is 11.1 Å². The summed E-state index contributed by atoms with van der Waals surface area (Å²) in [5, 5.41) is 2.42. The number of aryl methyl sites for hydroxylation is 1. The van der Waals surface area contributed by atoms with E-state index in [1.165, 1.54) is 29.9 Å². The van der Waals surface area contributed by atoms with Crippen LogP contribution < -0.4 is 22.3 Å². The van der Waals surface area contributed by atoms with Gasteiger partial charge in [0.2, 0.25) is 5.91 Å². The first kappa shape index (κ1) is 14.5. The summed E-state index contributed by atoms with van der Waals surface area (Å²) in [4.78, 5) is 35.2. The zero-order valence-electron chi connectivity index (χ0n) is 11.2. The van der Waals surface area contributed by atoms with Crippen LogP contribution in [0.1, 0.15) is 0 Å². The average Bonchev–Trinajstić information content (AvgIpc) is 2.42. The number of carbonyl (C=O) groups is 1. The number of hydrogen-bond donors (Lipinski definition) is 2. The van der Waals surface area contributed by atoms with E-state index in [2.05, 4.69) is 5.32 Å². The molecule has 0 radical (unpaired) electrons. The Hall–Kier alpha value is -2.90. The van der Waals surface area contributed by atoms with Gasteiger partial charge in [0, 0.05) is 19.3 Å². The summed E-state index contributed by atoms with van der Waals surface area (Å²) in [6.45, 7) is -0.455. The first-order valence-electron chi connectivity index (χ1n) is 6.00. The summed E-state index contributed by atoms with van der Waals surface area (Å²) in [7, 11) is 1.47. The Morgan fingerprint density at radius 2 is 2.05 bits per heavy atom. The zero-order valence-corrected chi connectivity index (χ0v) is 11.2. The van der Waals surface area contributed by atoms with Gasteiger partial charge in [-0.15, -0.1) is 0 Å². The molecule has 0 aliphatic heterocycles. The van der Waals surface area contributed by atoms with Crippen molar-refractivity contribution in [3.8, 4) is 0 Å². The van der Waals surface area contributed by atoms with E-state index in [0.29, 0.717) is 0 Å². The fourth-order valence-corrected chi connectivity index (χ4v) is 1.74. The number of rotatable bonds is 3. The molecule has 1 aromatic carbocycles. The van der Waals surface area contributed by atoms with Gasteiger partial charge in [0.05, 0.1) is 11.4 Å². The number of amides is 1. The summed E-state index contributed by atoms with van der Waals surface area (Å²) in [6, 6.07) is 4.68. The van der Waals surface area contributed by atoms with Crippen molar-refractivity contribution in [2.24, 2.45) is 7.05 Å². The van der Waals surface area contributed by atoms with Gasteiger partial charge in [-0.05, 0) is 18.2 Å². The Kier molecular flexibility index (Phi) is 3.88. The summed E-state index contributed by atoms with van der Waals surface area (Å²) >= 11 is 0. The molecule has 0 fully saturated rings. The third-order valence-corrected chi connectivity index (χ3v) is 2.83. The number of nitrogen functional groups attached to an aromatic ring is 1. The van der Waals surface area contributed by atoms with Gasteiger partial charge in [-0.3, -0.25) is 14.2 Å². The standard InChI is InChI=1S/C13H13FN4O3/c1-17-5-4-12(20)18(13(17)21)7-11(19)16-10-3-2-8(14)6-9(10)15/h2-6H,7,15H2,1H3,(H,16,19). The highest BCUT2D eigenvalue weighted by molar-refractivity contribution is 5.93. The Bertz CT molecular complexity index is 810. The first-order chi connectivity index (χ1) is 9.88. The molecular weight excluding hydrogens is 279 g/mol. The molecule has 1 aromatic heterocycles. The highest BCUT2D eigenvalue weighted by atomic mass is 19.1. The van der Waals surface area contributed by atoms with Crippen LogP contribution in [0.3, 0.4) is 0 Å². The predicted octanol–water partition coefficient (Wildman–Crippen LogP) is -0.0930. The molecule has 0 aliphatic carbocycles.